The summed E-state index contributed by atoms with van der Waals surface area (Å²) >= 11 is 0. The number of carbonyl (C=O) groups excluding carboxylic acids is 1. The Morgan fingerprint density at radius 2 is 1.57 bits per heavy atom. The number of rotatable bonds is 19. The van der Waals surface area contributed by atoms with Gasteiger partial charge < -0.3 is 21.5 Å². The molecule has 0 unspecified atom stereocenters. The summed E-state index contributed by atoms with van der Waals surface area (Å²) in [4.78, 5) is 26.7. The van der Waals surface area contributed by atoms with Gasteiger partial charge in [0.1, 0.15) is 5.82 Å². The van der Waals surface area contributed by atoms with E-state index in [-0.39, 0.29) is 12.3 Å². The first-order valence-electron chi connectivity index (χ1n) is 14.7. The van der Waals surface area contributed by atoms with Gasteiger partial charge in [0.15, 0.2) is 0 Å². The summed E-state index contributed by atoms with van der Waals surface area (Å²) in [6.45, 7) is 1.84. The molecule has 0 atom stereocenters. The predicted molar refractivity (Wildman–Crippen MR) is 149 cm³/mol. The van der Waals surface area contributed by atoms with E-state index < -0.39 is 5.97 Å². The summed E-state index contributed by atoms with van der Waals surface area (Å²) in [5.74, 6) is 0.191. The van der Waals surface area contributed by atoms with E-state index in [1.165, 1.54) is 41.8 Å². The highest BCUT2D eigenvalue weighted by atomic mass is 16.4. The van der Waals surface area contributed by atoms with E-state index in [0.717, 1.165) is 109 Å². The number of hydrogen-bond acceptors (Lipinski definition) is 5. The van der Waals surface area contributed by atoms with Gasteiger partial charge >= 0.3 is 5.97 Å². The molecule has 1 fully saturated rings. The van der Waals surface area contributed by atoms with Crippen LogP contribution in [0.4, 0.5) is 5.82 Å². The van der Waals surface area contributed by atoms with Crippen molar-refractivity contribution in [3.63, 3.8) is 0 Å². The molecule has 1 aromatic rings. The van der Waals surface area contributed by atoms with E-state index in [9.17, 15) is 9.59 Å². The van der Waals surface area contributed by atoms with Crippen LogP contribution in [0.5, 0.6) is 0 Å². The molecule has 1 aliphatic heterocycles. The molecule has 0 radical (unpaired) electrons. The van der Waals surface area contributed by atoms with Gasteiger partial charge in [-0.05, 0) is 87.8 Å². The first-order valence-corrected chi connectivity index (χ1v) is 14.7. The highest BCUT2D eigenvalue weighted by Crippen LogP contribution is 2.31. The molecule has 0 saturated heterocycles. The van der Waals surface area contributed by atoms with Crippen molar-refractivity contribution in [2.24, 2.45) is 5.73 Å². The molecule has 7 heteroatoms. The van der Waals surface area contributed by atoms with Crippen LogP contribution in [0.1, 0.15) is 126 Å². The van der Waals surface area contributed by atoms with Crippen LogP contribution >= 0.6 is 0 Å². The van der Waals surface area contributed by atoms with E-state index in [1.54, 1.807) is 5.57 Å². The van der Waals surface area contributed by atoms with Crippen molar-refractivity contribution in [1.82, 2.24) is 10.3 Å². The van der Waals surface area contributed by atoms with E-state index in [2.05, 4.69) is 16.7 Å². The SMILES string of the molecule is NC(=O)CCCCCCC(NCc1cc2c(nc1CCCCCCCCC(=O)O)NCCC2)=C1CCC1. The largest absolute Gasteiger partial charge is 0.481 e. The number of allylic oxidation sites excluding steroid dienone is 2. The number of anilines is 1. The van der Waals surface area contributed by atoms with Crippen LogP contribution in [-0.4, -0.2) is 28.5 Å². The van der Waals surface area contributed by atoms with Crippen molar-refractivity contribution < 1.29 is 14.7 Å². The van der Waals surface area contributed by atoms with Crippen LogP contribution in [0.2, 0.25) is 0 Å². The van der Waals surface area contributed by atoms with Crippen LogP contribution in [0, 0.1) is 0 Å². The molecular weight excluding hydrogens is 464 g/mol. The van der Waals surface area contributed by atoms with Gasteiger partial charge in [-0.3, -0.25) is 9.59 Å². The van der Waals surface area contributed by atoms with Gasteiger partial charge in [-0.1, -0.05) is 44.1 Å². The molecule has 1 amide bonds. The zero-order chi connectivity index (χ0) is 26.3. The maximum absolute atomic E-state index is 10.9. The molecule has 2 heterocycles. The summed E-state index contributed by atoms with van der Waals surface area (Å²) in [6.07, 6.45) is 19.5. The van der Waals surface area contributed by atoms with Crippen LogP contribution in [0.15, 0.2) is 17.3 Å². The number of nitrogens with zero attached hydrogens (tertiary/aromatic N) is 1. The van der Waals surface area contributed by atoms with Crippen molar-refractivity contribution in [2.45, 2.75) is 129 Å². The number of pyridine rings is 1. The lowest BCUT2D eigenvalue weighted by atomic mass is 9.88. The Hall–Kier alpha value is -2.57. The van der Waals surface area contributed by atoms with E-state index >= 15 is 0 Å². The Bertz CT molecular complexity index is 906. The predicted octanol–water partition coefficient (Wildman–Crippen LogP) is 6.15. The summed E-state index contributed by atoms with van der Waals surface area (Å²) in [7, 11) is 0. The second kappa shape index (κ2) is 16.3. The lowest BCUT2D eigenvalue weighted by Crippen LogP contribution is -2.21. The Morgan fingerprint density at radius 3 is 2.24 bits per heavy atom. The fourth-order valence-corrected chi connectivity index (χ4v) is 5.32. The van der Waals surface area contributed by atoms with Crippen molar-refractivity contribution in [1.29, 1.82) is 0 Å². The number of aryl methyl sites for hydroxylation is 2. The van der Waals surface area contributed by atoms with Gasteiger partial charge in [0.2, 0.25) is 5.91 Å². The van der Waals surface area contributed by atoms with Crippen LogP contribution in [0.3, 0.4) is 0 Å². The lowest BCUT2D eigenvalue weighted by molar-refractivity contribution is -0.137. The molecule has 5 N–H and O–H groups in total. The first-order chi connectivity index (χ1) is 18.0. The Labute approximate surface area is 223 Å². The number of nitrogens with one attached hydrogen (secondary N) is 2. The fraction of sp³-hybridized carbons (Fsp3) is 0.700. The topological polar surface area (TPSA) is 117 Å². The van der Waals surface area contributed by atoms with Gasteiger partial charge in [0.05, 0.1) is 0 Å². The van der Waals surface area contributed by atoms with E-state index in [4.69, 9.17) is 15.8 Å². The van der Waals surface area contributed by atoms with Gasteiger partial charge in [0, 0.05) is 37.3 Å². The second-order valence-corrected chi connectivity index (χ2v) is 10.8. The number of aromatic nitrogens is 1. The van der Waals surface area contributed by atoms with Crippen LogP contribution in [-0.2, 0) is 29.0 Å². The van der Waals surface area contributed by atoms with Crippen molar-refractivity contribution in [3.8, 4) is 0 Å². The maximum Gasteiger partial charge on any atom is 0.303 e. The average molecular weight is 513 g/mol. The van der Waals surface area contributed by atoms with E-state index in [1.807, 2.05) is 0 Å². The Balaban J connectivity index is 1.51. The number of unbranched alkanes of at least 4 members (excludes halogenated alkanes) is 8. The number of carboxylic acid groups (broad SMARTS) is 1. The molecule has 37 heavy (non-hydrogen) atoms. The van der Waals surface area contributed by atoms with Gasteiger partial charge in [-0.2, -0.15) is 0 Å². The molecule has 1 aromatic heterocycles. The first kappa shape index (κ1) is 29.0. The lowest BCUT2D eigenvalue weighted by Gasteiger charge is -2.25. The molecule has 206 valence electrons. The minimum absolute atomic E-state index is 0.195. The minimum atomic E-state index is -0.690. The Kier molecular flexibility index (Phi) is 12.8. The van der Waals surface area contributed by atoms with Gasteiger partial charge in [-0.15, -0.1) is 0 Å². The summed E-state index contributed by atoms with van der Waals surface area (Å²) in [5, 5.41) is 16.1. The molecule has 7 nitrogen and oxygen atoms in total. The maximum atomic E-state index is 10.9. The molecule has 2 aliphatic rings. The zero-order valence-electron chi connectivity index (χ0n) is 22.7. The third-order valence-corrected chi connectivity index (χ3v) is 7.72. The highest BCUT2D eigenvalue weighted by Gasteiger charge is 2.17. The average Bonchev–Trinajstić information content (AvgIpc) is 2.84. The standard InChI is InChI=1S/C30H48N4O3/c31-28(35)18-9-6-5-7-16-26(23-13-11-14-23)33-22-25-21-24-15-12-20-32-30(24)34-27(25)17-8-3-1-2-4-10-19-29(36)37/h21,33H,1-20,22H2,(H2,31,35)(H,32,34)(H,36,37). The summed E-state index contributed by atoms with van der Waals surface area (Å²) < 4.78 is 0. The van der Waals surface area contributed by atoms with Gasteiger partial charge in [0.25, 0.3) is 0 Å². The number of primary amides is 1. The molecule has 1 saturated carbocycles. The second-order valence-electron chi connectivity index (χ2n) is 10.8. The van der Waals surface area contributed by atoms with Crippen molar-refractivity contribution in [3.05, 3.63) is 34.2 Å². The number of fused-ring (bicyclic) bond motifs is 1. The van der Waals surface area contributed by atoms with E-state index in [0.29, 0.717) is 6.42 Å². The third-order valence-electron chi connectivity index (χ3n) is 7.72. The smallest absolute Gasteiger partial charge is 0.303 e. The van der Waals surface area contributed by atoms with Crippen molar-refractivity contribution in [2.75, 3.05) is 11.9 Å². The molecule has 0 aromatic carbocycles. The van der Waals surface area contributed by atoms with Crippen LogP contribution < -0.4 is 16.4 Å². The molecule has 0 bridgehead atoms. The number of carbonyl (C=O) groups is 2. The number of amides is 1. The normalized spacial score (nSPS) is 14.4. The molecule has 1 aliphatic carbocycles. The quantitative estimate of drug-likeness (QED) is 0.165. The number of hydrogen-bond donors (Lipinski definition) is 4. The Morgan fingerprint density at radius 1 is 0.892 bits per heavy atom. The number of nitrogens with two attached hydrogens (primary N) is 1. The summed E-state index contributed by atoms with van der Waals surface area (Å²) in [5.41, 5.74) is 12.2. The number of aliphatic carboxylic acids is 1. The van der Waals surface area contributed by atoms with Crippen LogP contribution in [0.25, 0.3) is 0 Å². The molecule has 0 spiro atoms. The fourth-order valence-electron chi connectivity index (χ4n) is 5.32. The highest BCUT2D eigenvalue weighted by molar-refractivity contribution is 5.73. The monoisotopic (exact) mass is 512 g/mol. The zero-order valence-corrected chi connectivity index (χ0v) is 22.7. The molecular formula is C30H48N4O3. The summed E-state index contributed by atoms with van der Waals surface area (Å²) in [6, 6.07) is 2.38. The third kappa shape index (κ3) is 10.7. The van der Waals surface area contributed by atoms with Crippen molar-refractivity contribution >= 4 is 17.7 Å². The number of carboxylic acids is 1. The minimum Gasteiger partial charge on any atom is -0.481 e. The molecule has 3 rings (SSSR count). The van der Waals surface area contributed by atoms with Gasteiger partial charge in [-0.25, -0.2) is 4.98 Å².